The van der Waals surface area contributed by atoms with Crippen molar-refractivity contribution < 1.29 is 27.8 Å². The molecule has 0 saturated carbocycles. The van der Waals surface area contributed by atoms with E-state index in [1.54, 1.807) is 4.68 Å². The molecule has 3 heterocycles. The van der Waals surface area contributed by atoms with Crippen LogP contribution >= 0.6 is 0 Å². The van der Waals surface area contributed by atoms with E-state index >= 15 is 0 Å². The number of fused-ring (bicyclic) bond motifs is 1. The molecule has 1 spiro atoms. The van der Waals surface area contributed by atoms with Gasteiger partial charge < -0.3 is 14.8 Å². The van der Waals surface area contributed by atoms with Crippen molar-refractivity contribution in [3.8, 4) is 0 Å². The van der Waals surface area contributed by atoms with E-state index in [0.29, 0.717) is 44.8 Å². The number of alkyl halides is 2. The molecule has 1 aromatic carbocycles. The molecule has 178 valence electrons. The third-order valence-electron chi connectivity index (χ3n) is 6.57. The fraction of sp³-hybridized carbons (Fsp3) is 0.542. The molecule has 0 aliphatic carbocycles. The second-order valence-electron chi connectivity index (χ2n) is 8.72. The van der Waals surface area contributed by atoms with E-state index in [4.69, 9.17) is 14.6 Å². The quantitative estimate of drug-likeness (QED) is 0.502. The Balaban J connectivity index is 1.41. The number of amides is 1. The van der Waals surface area contributed by atoms with E-state index in [-0.39, 0.29) is 29.1 Å². The zero-order valence-corrected chi connectivity index (χ0v) is 18.7. The maximum Gasteiger partial charge on any atom is 0.338 e. The highest BCUT2D eigenvalue weighted by Crippen LogP contribution is 2.37. The third kappa shape index (κ3) is 5.08. The van der Waals surface area contributed by atoms with Crippen LogP contribution in [0.3, 0.4) is 0 Å². The summed E-state index contributed by atoms with van der Waals surface area (Å²) in [5, 5.41) is 7.78. The molecule has 4 rings (SSSR count). The minimum absolute atomic E-state index is 0.0215. The van der Waals surface area contributed by atoms with E-state index in [2.05, 4.69) is 5.32 Å². The molecule has 1 N–H and O–H groups in total. The Morgan fingerprint density at radius 2 is 2.00 bits per heavy atom. The van der Waals surface area contributed by atoms with Crippen molar-refractivity contribution in [2.24, 2.45) is 5.41 Å². The van der Waals surface area contributed by atoms with Crippen molar-refractivity contribution in [1.82, 2.24) is 15.1 Å². The van der Waals surface area contributed by atoms with Crippen LogP contribution in [0, 0.1) is 5.41 Å². The van der Waals surface area contributed by atoms with E-state index in [9.17, 15) is 18.4 Å². The molecule has 2 aliphatic heterocycles. The van der Waals surface area contributed by atoms with E-state index in [0.717, 1.165) is 30.5 Å². The number of hydrogen-bond donors (Lipinski definition) is 1. The van der Waals surface area contributed by atoms with Gasteiger partial charge in [0.1, 0.15) is 5.69 Å². The highest BCUT2D eigenvalue weighted by molar-refractivity contribution is 5.94. The number of nitrogens with one attached hydrogen (secondary N) is 1. The van der Waals surface area contributed by atoms with Crippen molar-refractivity contribution in [3.63, 3.8) is 0 Å². The van der Waals surface area contributed by atoms with Gasteiger partial charge in [-0.1, -0.05) is 12.1 Å². The maximum atomic E-state index is 12.8. The van der Waals surface area contributed by atoms with Crippen LogP contribution in [0.15, 0.2) is 24.3 Å². The second kappa shape index (κ2) is 9.99. The zero-order chi connectivity index (χ0) is 23.4. The predicted molar refractivity (Wildman–Crippen MR) is 116 cm³/mol. The van der Waals surface area contributed by atoms with Gasteiger partial charge in [-0.25, -0.2) is 13.6 Å². The van der Waals surface area contributed by atoms with Gasteiger partial charge in [-0.05, 0) is 56.6 Å². The molecule has 0 unspecified atom stereocenters. The number of hydrogen-bond acceptors (Lipinski definition) is 5. The number of nitrogens with zero attached hydrogens (tertiary/aromatic N) is 2. The van der Waals surface area contributed by atoms with Crippen molar-refractivity contribution in [1.29, 1.82) is 0 Å². The molecule has 1 aromatic heterocycles. The van der Waals surface area contributed by atoms with Crippen molar-refractivity contribution in [3.05, 3.63) is 52.3 Å². The van der Waals surface area contributed by atoms with Gasteiger partial charge >= 0.3 is 5.97 Å². The van der Waals surface area contributed by atoms with Crippen LogP contribution in [0.5, 0.6) is 0 Å². The van der Waals surface area contributed by atoms with Gasteiger partial charge in [0, 0.05) is 37.4 Å². The highest BCUT2D eigenvalue weighted by atomic mass is 19.3. The summed E-state index contributed by atoms with van der Waals surface area (Å²) in [6.45, 7) is 4.74. The first kappa shape index (κ1) is 23.4. The van der Waals surface area contributed by atoms with E-state index < -0.39 is 12.4 Å². The van der Waals surface area contributed by atoms with Gasteiger partial charge in [-0.15, -0.1) is 0 Å². The Morgan fingerprint density at radius 3 is 2.67 bits per heavy atom. The van der Waals surface area contributed by atoms with Gasteiger partial charge in [0.05, 0.1) is 17.9 Å². The molecule has 1 fully saturated rings. The number of carbonyl (C=O) groups excluding carboxylic acids is 2. The van der Waals surface area contributed by atoms with Gasteiger partial charge in [-0.2, -0.15) is 5.10 Å². The Kier molecular flexibility index (Phi) is 7.07. The van der Waals surface area contributed by atoms with Crippen LogP contribution in [0.2, 0.25) is 0 Å². The standard InChI is InChI=1S/C24H29F2N3O4/c1-2-29-20-18(14-24(15-27-22(20)30)9-12-32-13-10-24)19(28-29)4-3-11-33-23(31)17-7-5-16(6-8-17)21(25)26/h5-8,21H,2-4,9-15H2,1H3,(H,27,30). The fourth-order valence-electron chi connectivity index (χ4n) is 4.62. The minimum Gasteiger partial charge on any atom is -0.462 e. The molecule has 2 aromatic rings. The summed E-state index contributed by atoms with van der Waals surface area (Å²) in [5.74, 6) is -0.637. The van der Waals surface area contributed by atoms with Crippen LogP contribution in [-0.2, 0) is 28.9 Å². The molecule has 0 atom stereocenters. The van der Waals surface area contributed by atoms with Crippen molar-refractivity contribution >= 4 is 11.9 Å². The Labute approximate surface area is 191 Å². The molecule has 0 radical (unpaired) electrons. The number of halogens is 2. The van der Waals surface area contributed by atoms with Gasteiger partial charge in [0.15, 0.2) is 0 Å². The van der Waals surface area contributed by atoms with Crippen LogP contribution in [0.1, 0.15) is 70.3 Å². The predicted octanol–water partition coefficient (Wildman–Crippen LogP) is 3.71. The first-order chi connectivity index (χ1) is 15.9. The second-order valence-corrected chi connectivity index (χ2v) is 8.72. The summed E-state index contributed by atoms with van der Waals surface area (Å²) >= 11 is 0. The van der Waals surface area contributed by atoms with E-state index in [1.165, 1.54) is 24.3 Å². The highest BCUT2D eigenvalue weighted by Gasteiger charge is 2.39. The summed E-state index contributed by atoms with van der Waals surface area (Å²) in [4.78, 5) is 25.1. The summed E-state index contributed by atoms with van der Waals surface area (Å²) in [6.07, 6.45) is 1.11. The number of aromatic nitrogens is 2. The summed E-state index contributed by atoms with van der Waals surface area (Å²) in [7, 11) is 0. The number of ether oxygens (including phenoxy) is 2. The molecule has 9 heteroatoms. The van der Waals surface area contributed by atoms with Crippen LogP contribution in [-0.4, -0.2) is 48.0 Å². The number of esters is 1. The topological polar surface area (TPSA) is 82.5 Å². The lowest BCUT2D eigenvalue weighted by Crippen LogP contribution is -2.40. The number of carbonyl (C=O) groups is 2. The number of aryl methyl sites for hydroxylation is 2. The van der Waals surface area contributed by atoms with Crippen molar-refractivity contribution in [2.45, 2.75) is 52.0 Å². The lowest BCUT2D eigenvalue weighted by molar-refractivity contribution is 0.0160. The molecule has 7 nitrogen and oxygen atoms in total. The van der Waals surface area contributed by atoms with Gasteiger partial charge in [-0.3, -0.25) is 9.48 Å². The minimum atomic E-state index is -2.57. The monoisotopic (exact) mass is 461 g/mol. The smallest absolute Gasteiger partial charge is 0.338 e. The first-order valence-corrected chi connectivity index (χ1v) is 11.4. The third-order valence-corrected chi connectivity index (χ3v) is 6.57. The van der Waals surface area contributed by atoms with Crippen LogP contribution in [0.25, 0.3) is 0 Å². The lowest BCUT2D eigenvalue weighted by Gasteiger charge is -2.36. The average molecular weight is 462 g/mol. The molecule has 33 heavy (non-hydrogen) atoms. The Bertz CT molecular complexity index is 998. The van der Waals surface area contributed by atoms with Gasteiger partial charge in [0.25, 0.3) is 12.3 Å². The van der Waals surface area contributed by atoms with Crippen LogP contribution in [0.4, 0.5) is 8.78 Å². The van der Waals surface area contributed by atoms with E-state index in [1.807, 2.05) is 6.92 Å². The van der Waals surface area contributed by atoms with Crippen LogP contribution < -0.4 is 5.32 Å². The first-order valence-electron chi connectivity index (χ1n) is 11.4. The fourth-order valence-corrected chi connectivity index (χ4v) is 4.62. The normalized spacial score (nSPS) is 17.5. The maximum absolute atomic E-state index is 12.8. The Hall–Kier alpha value is -2.81. The summed E-state index contributed by atoms with van der Waals surface area (Å²) in [5.41, 5.74) is 2.57. The SMILES string of the molecule is CCn1nc(CCCOC(=O)c2ccc(C(F)F)cc2)c2c1C(=O)NCC1(CCOCC1)C2. The molecular weight excluding hydrogens is 432 g/mol. The van der Waals surface area contributed by atoms with Crippen molar-refractivity contribution in [2.75, 3.05) is 26.4 Å². The lowest BCUT2D eigenvalue weighted by atomic mass is 9.75. The zero-order valence-electron chi connectivity index (χ0n) is 18.7. The molecule has 2 aliphatic rings. The van der Waals surface area contributed by atoms with Gasteiger partial charge in [0.2, 0.25) is 0 Å². The number of benzene rings is 1. The average Bonchev–Trinajstić information content (AvgIpc) is 3.10. The summed E-state index contributed by atoms with van der Waals surface area (Å²) < 4.78 is 38.0. The molecule has 1 amide bonds. The Morgan fingerprint density at radius 1 is 1.27 bits per heavy atom. The summed E-state index contributed by atoms with van der Waals surface area (Å²) in [6, 6.07) is 5.15. The number of rotatable bonds is 7. The molecular formula is C24H29F2N3O4. The molecule has 0 bridgehead atoms. The molecule has 1 saturated heterocycles. The largest absolute Gasteiger partial charge is 0.462 e.